The van der Waals surface area contributed by atoms with Gasteiger partial charge in [0.15, 0.2) is 0 Å². The van der Waals surface area contributed by atoms with Gasteiger partial charge in [-0.2, -0.15) is 13.2 Å². The van der Waals surface area contributed by atoms with Gasteiger partial charge in [0.2, 0.25) is 5.82 Å². The minimum Gasteiger partial charge on any atom is -0.399 e. The number of nitrogens with zero attached hydrogens (tertiary/aromatic N) is 4. The van der Waals surface area contributed by atoms with Gasteiger partial charge in [-0.25, -0.2) is 15.0 Å². The van der Waals surface area contributed by atoms with Crippen molar-refractivity contribution in [3.8, 4) is 22.5 Å². The predicted octanol–water partition coefficient (Wildman–Crippen LogP) is 4.37. The number of aromatic nitrogens is 4. The molecule has 0 aliphatic rings. The van der Waals surface area contributed by atoms with Crippen LogP contribution in [-0.4, -0.2) is 19.4 Å². The van der Waals surface area contributed by atoms with Crippen LogP contribution >= 0.6 is 0 Å². The molecule has 0 saturated carbocycles. The van der Waals surface area contributed by atoms with Gasteiger partial charge in [0.25, 0.3) is 0 Å². The third-order valence-corrected chi connectivity index (χ3v) is 4.10. The number of benzene rings is 1. The normalized spacial score (nSPS) is 11.9. The fourth-order valence-corrected chi connectivity index (χ4v) is 2.89. The van der Waals surface area contributed by atoms with Crippen molar-refractivity contribution in [3.05, 3.63) is 66.4 Å². The second-order valence-electron chi connectivity index (χ2n) is 6.13. The Morgan fingerprint density at radius 2 is 1.81 bits per heavy atom. The molecule has 27 heavy (non-hydrogen) atoms. The summed E-state index contributed by atoms with van der Waals surface area (Å²) in [7, 11) is 0. The molecule has 5 nitrogen and oxygen atoms in total. The lowest BCUT2D eigenvalue weighted by Gasteiger charge is -2.09. The quantitative estimate of drug-likeness (QED) is 0.533. The third kappa shape index (κ3) is 3.21. The number of nitrogens with two attached hydrogens (primary N) is 1. The fourth-order valence-electron chi connectivity index (χ4n) is 2.89. The van der Waals surface area contributed by atoms with E-state index in [0.717, 1.165) is 11.3 Å². The van der Waals surface area contributed by atoms with Crippen molar-refractivity contribution < 1.29 is 13.2 Å². The highest BCUT2D eigenvalue weighted by molar-refractivity contribution is 5.70. The fraction of sp³-hybridized carbons (Fsp3) is 0.105. The average molecular weight is 369 g/mol. The van der Waals surface area contributed by atoms with Crippen LogP contribution in [0.25, 0.3) is 28.2 Å². The largest absolute Gasteiger partial charge is 0.451 e. The Morgan fingerprint density at radius 3 is 2.56 bits per heavy atom. The minimum absolute atomic E-state index is 0.200. The molecule has 8 heteroatoms. The highest BCUT2D eigenvalue weighted by atomic mass is 19.4. The number of alkyl halides is 3. The first-order valence-electron chi connectivity index (χ1n) is 8.07. The number of nitrogen functional groups attached to an aromatic ring is 1. The first-order chi connectivity index (χ1) is 12.8. The van der Waals surface area contributed by atoms with Crippen molar-refractivity contribution in [2.75, 3.05) is 5.73 Å². The van der Waals surface area contributed by atoms with Crippen LogP contribution in [0.3, 0.4) is 0 Å². The molecular formula is C19H14F3N5. The van der Waals surface area contributed by atoms with Crippen LogP contribution in [-0.2, 0) is 6.18 Å². The number of halogens is 3. The summed E-state index contributed by atoms with van der Waals surface area (Å²) in [5.41, 5.74) is 9.77. The highest BCUT2D eigenvalue weighted by Crippen LogP contribution is 2.30. The summed E-state index contributed by atoms with van der Waals surface area (Å²) >= 11 is 0. The summed E-state index contributed by atoms with van der Waals surface area (Å²) < 4.78 is 40.8. The average Bonchev–Trinajstić information content (AvgIpc) is 3.03. The van der Waals surface area contributed by atoms with E-state index in [1.54, 1.807) is 30.6 Å². The molecule has 2 N–H and O–H groups in total. The summed E-state index contributed by atoms with van der Waals surface area (Å²) in [4.78, 5) is 11.5. The maximum atomic E-state index is 13.0. The van der Waals surface area contributed by atoms with E-state index >= 15 is 0 Å². The molecule has 0 atom stereocenters. The Hall–Kier alpha value is -3.42. The van der Waals surface area contributed by atoms with Gasteiger partial charge in [0.05, 0.1) is 17.6 Å². The summed E-state index contributed by atoms with van der Waals surface area (Å²) in [6.45, 7) is 1.51. The second kappa shape index (κ2) is 6.08. The van der Waals surface area contributed by atoms with Gasteiger partial charge in [-0.1, -0.05) is 12.1 Å². The lowest BCUT2D eigenvalue weighted by atomic mass is 10.1. The topological polar surface area (TPSA) is 69.1 Å². The monoisotopic (exact) mass is 369 g/mol. The molecule has 0 aliphatic heterocycles. The molecule has 0 aliphatic carbocycles. The zero-order valence-electron chi connectivity index (χ0n) is 14.2. The lowest BCUT2D eigenvalue weighted by molar-refractivity contribution is -0.145. The first kappa shape index (κ1) is 17.0. The van der Waals surface area contributed by atoms with Crippen LogP contribution in [0.5, 0.6) is 0 Å². The van der Waals surface area contributed by atoms with Crippen molar-refractivity contribution in [2.45, 2.75) is 13.1 Å². The van der Waals surface area contributed by atoms with Crippen LogP contribution in [0, 0.1) is 6.92 Å². The molecule has 0 bridgehead atoms. The molecule has 0 fully saturated rings. The standard InChI is InChI=1S/C19H14F3N5/c1-11-7-15(26-18(25-11)19(20,21)22)12-5-6-27-16(10-24-17(27)9-12)13-3-2-4-14(23)8-13/h2-10H,23H2,1H3. The minimum atomic E-state index is -4.60. The molecule has 3 heterocycles. The molecule has 0 saturated heterocycles. The highest BCUT2D eigenvalue weighted by Gasteiger charge is 2.35. The summed E-state index contributed by atoms with van der Waals surface area (Å²) in [5.74, 6) is -1.15. The number of hydrogen-bond acceptors (Lipinski definition) is 4. The predicted molar refractivity (Wildman–Crippen MR) is 95.8 cm³/mol. The zero-order chi connectivity index (χ0) is 19.2. The maximum absolute atomic E-state index is 13.0. The third-order valence-electron chi connectivity index (χ3n) is 4.10. The van der Waals surface area contributed by atoms with E-state index in [4.69, 9.17) is 5.73 Å². The van der Waals surface area contributed by atoms with Crippen LogP contribution in [0.15, 0.2) is 54.9 Å². The van der Waals surface area contributed by atoms with Gasteiger partial charge in [-0.3, -0.25) is 4.40 Å². The smallest absolute Gasteiger partial charge is 0.399 e. The van der Waals surface area contributed by atoms with Crippen LogP contribution < -0.4 is 5.73 Å². The van der Waals surface area contributed by atoms with E-state index in [-0.39, 0.29) is 11.4 Å². The van der Waals surface area contributed by atoms with E-state index in [2.05, 4.69) is 15.0 Å². The molecule has 4 rings (SSSR count). The van der Waals surface area contributed by atoms with E-state index < -0.39 is 12.0 Å². The van der Waals surface area contributed by atoms with Crippen molar-refractivity contribution in [1.29, 1.82) is 0 Å². The van der Waals surface area contributed by atoms with E-state index in [1.165, 1.54) is 13.0 Å². The molecule has 1 aromatic carbocycles. The molecule has 0 spiro atoms. The van der Waals surface area contributed by atoms with Gasteiger partial charge >= 0.3 is 6.18 Å². The number of anilines is 1. The number of hydrogen-bond donors (Lipinski definition) is 1. The Kier molecular flexibility index (Phi) is 3.83. The Labute approximate surface area is 152 Å². The number of fused-ring (bicyclic) bond motifs is 1. The molecule has 3 aromatic heterocycles. The zero-order valence-corrected chi connectivity index (χ0v) is 14.2. The van der Waals surface area contributed by atoms with Crippen LogP contribution in [0.1, 0.15) is 11.5 Å². The number of imidazole rings is 1. The SMILES string of the molecule is Cc1cc(-c2ccn3c(-c4cccc(N)c4)cnc3c2)nc(C(F)(F)F)n1. The summed E-state index contributed by atoms with van der Waals surface area (Å²) in [5, 5.41) is 0. The van der Waals surface area contributed by atoms with Gasteiger partial charge in [-0.15, -0.1) is 0 Å². The van der Waals surface area contributed by atoms with E-state index in [0.29, 0.717) is 16.9 Å². The molecule has 0 unspecified atom stereocenters. The van der Waals surface area contributed by atoms with Crippen LogP contribution in [0.2, 0.25) is 0 Å². The number of rotatable bonds is 2. The first-order valence-corrected chi connectivity index (χ1v) is 8.07. The Bertz CT molecular complexity index is 1150. The molecule has 0 amide bonds. The second-order valence-corrected chi connectivity index (χ2v) is 6.13. The molecule has 136 valence electrons. The summed E-state index contributed by atoms with van der Waals surface area (Å²) in [6, 6.07) is 12.3. The van der Waals surface area contributed by atoms with Crippen molar-refractivity contribution in [1.82, 2.24) is 19.4 Å². The number of pyridine rings is 1. The van der Waals surface area contributed by atoms with Gasteiger partial charge in [0.1, 0.15) is 5.65 Å². The van der Waals surface area contributed by atoms with Crippen molar-refractivity contribution in [3.63, 3.8) is 0 Å². The molecular weight excluding hydrogens is 355 g/mol. The van der Waals surface area contributed by atoms with E-state index in [1.807, 2.05) is 22.6 Å². The van der Waals surface area contributed by atoms with Crippen molar-refractivity contribution >= 4 is 11.3 Å². The number of aryl methyl sites for hydroxylation is 1. The van der Waals surface area contributed by atoms with Crippen LogP contribution in [0.4, 0.5) is 18.9 Å². The van der Waals surface area contributed by atoms with Gasteiger partial charge in [-0.05, 0) is 37.3 Å². The lowest BCUT2D eigenvalue weighted by Crippen LogP contribution is -2.12. The van der Waals surface area contributed by atoms with E-state index in [9.17, 15) is 13.2 Å². The van der Waals surface area contributed by atoms with Gasteiger partial charge < -0.3 is 5.73 Å². The Balaban J connectivity index is 1.81. The summed E-state index contributed by atoms with van der Waals surface area (Å²) in [6.07, 6.45) is -1.15. The molecule has 4 aromatic rings. The molecule has 0 radical (unpaired) electrons. The maximum Gasteiger partial charge on any atom is 0.451 e. The Morgan fingerprint density at radius 1 is 1.00 bits per heavy atom. The van der Waals surface area contributed by atoms with Gasteiger partial charge in [0, 0.05) is 28.7 Å². The van der Waals surface area contributed by atoms with Crippen molar-refractivity contribution in [2.24, 2.45) is 0 Å².